The van der Waals surface area contributed by atoms with Crippen LogP contribution in [-0.2, 0) is 63.2 Å². The molecule has 0 aromatic heterocycles. The summed E-state index contributed by atoms with van der Waals surface area (Å²) in [7, 11) is -43.0. The van der Waals surface area contributed by atoms with Crippen molar-refractivity contribution < 1.29 is 127 Å². The average Bonchev–Trinajstić information content (AvgIpc) is 2.57. The van der Waals surface area contributed by atoms with Crippen LogP contribution in [0.2, 0.25) is 0 Å². The first-order chi connectivity index (χ1) is 17.3. The molecule has 8 atom stereocenters. The molecule has 1 fully saturated rings. The number of aliphatic hydroxyl groups excluding tert-OH is 1. The molecule has 1 saturated carbocycles. The quantitative estimate of drug-likeness (QED) is 0.0788. The number of phosphoric acid groups is 7. The molecule has 40 heavy (non-hydrogen) atoms. The van der Waals surface area contributed by atoms with E-state index in [9.17, 15) is 66.4 Å². The van der Waals surface area contributed by atoms with Crippen molar-refractivity contribution in [2.45, 2.75) is 36.6 Å². The van der Waals surface area contributed by atoms with Gasteiger partial charge in [-0.2, -0.15) is 8.62 Å². The molecule has 2 unspecified atom stereocenters. The van der Waals surface area contributed by atoms with Crippen molar-refractivity contribution in [1.29, 1.82) is 0 Å². The van der Waals surface area contributed by atoms with Crippen LogP contribution in [0.15, 0.2) is 0 Å². The van der Waals surface area contributed by atoms with Gasteiger partial charge in [-0.05, 0) is 0 Å². The number of aliphatic hydroxyl groups is 1. The normalized spacial score (nSPS) is 30.4. The monoisotopic (exact) mass is 740 g/mol. The molecule has 0 saturated heterocycles. The van der Waals surface area contributed by atoms with Gasteiger partial charge in [-0.3, -0.25) is 22.6 Å². The lowest BCUT2D eigenvalue weighted by molar-refractivity contribution is -0.205. The Bertz CT molecular complexity index is 1230. The summed E-state index contributed by atoms with van der Waals surface area (Å²) in [6, 6.07) is 0. The van der Waals surface area contributed by atoms with Crippen LogP contribution >= 0.6 is 54.8 Å². The lowest BCUT2D eigenvalue weighted by atomic mass is 9.85. The Morgan fingerprint density at radius 3 is 0.850 bits per heavy atom. The Balaban J connectivity index is 3.95. The first kappa shape index (κ1) is 38.8. The summed E-state index contributed by atoms with van der Waals surface area (Å²) in [4.78, 5) is 109. The van der Waals surface area contributed by atoms with Crippen LogP contribution in [-0.4, -0.2) is 100 Å². The summed E-state index contributed by atoms with van der Waals surface area (Å²) < 4.78 is 108. The Morgan fingerprint density at radius 2 is 0.575 bits per heavy atom. The van der Waals surface area contributed by atoms with Crippen LogP contribution in [0.3, 0.4) is 0 Å². The van der Waals surface area contributed by atoms with Crippen molar-refractivity contribution in [3.8, 4) is 0 Å². The summed E-state index contributed by atoms with van der Waals surface area (Å²) in [5.74, 6) is 0. The van der Waals surface area contributed by atoms with E-state index in [1.54, 1.807) is 0 Å². The van der Waals surface area contributed by atoms with E-state index in [-0.39, 0.29) is 0 Å². The predicted octanol–water partition coefficient (Wildman–Crippen LogP) is -3.02. The molecule has 0 bridgehead atoms. The molecule has 0 heterocycles. The van der Waals surface area contributed by atoms with E-state index < -0.39 is 91.4 Å². The molecule has 1 rings (SSSR count). The van der Waals surface area contributed by atoms with Gasteiger partial charge in [0.2, 0.25) is 0 Å². The molecule has 34 heteroatoms. The van der Waals surface area contributed by atoms with Gasteiger partial charge in [0.05, 0.1) is 0 Å². The highest BCUT2D eigenvalue weighted by atomic mass is 31.3. The standard InChI is InChI=1S/C6H19O27P7/c7-1-2(27-34(8,9)10)4(28-35(11,12)13)6(31-40(25,26)33-38(20,21)22)5(29-36(14,15)16)3(1)30-39(23,24)32-37(17,18)19/h1-7H,(H,23,24)(H,25,26)(H2,8,9,10)(H2,11,12,13)(H2,14,15,16)(H2,17,18,19)(H2,20,21,22)/t1-,2-,3+,4-,5-,6-/m1/s1. The van der Waals surface area contributed by atoms with Crippen molar-refractivity contribution in [1.82, 2.24) is 0 Å². The van der Waals surface area contributed by atoms with E-state index >= 15 is 0 Å². The smallest absolute Gasteiger partial charge is 0.387 e. The minimum atomic E-state index is -6.40. The Labute approximate surface area is 219 Å². The number of hydrogen-bond donors (Lipinski definition) is 13. The highest BCUT2D eigenvalue weighted by Crippen LogP contribution is 2.63. The molecular weight excluding hydrogens is 721 g/mol. The maximum Gasteiger partial charge on any atom is 0.481 e. The molecule has 0 aromatic carbocycles. The Hall–Kier alpha value is 0.810. The number of phosphoric ester groups is 5. The van der Waals surface area contributed by atoms with Crippen molar-refractivity contribution in [3.63, 3.8) is 0 Å². The predicted molar refractivity (Wildman–Crippen MR) is 112 cm³/mol. The second-order valence-corrected chi connectivity index (χ2v) is 16.0. The van der Waals surface area contributed by atoms with Gasteiger partial charge in [-0.15, -0.1) is 0 Å². The van der Waals surface area contributed by atoms with Crippen LogP contribution in [0.4, 0.5) is 0 Å². The Kier molecular flexibility index (Phi) is 12.7. The highest BCUT2D eigenvalue weighted by Gasteiger charge is 2.61. The third kappa shape index (κ3) is 14.5. The van der Waals surface area contributed by atoms with Crippen molar-refractivity contribution in [2.24, 2.45) is 0 Å². The maximum atomic E-state index is 12.2. The molecule has 1 aliphatic carbocycles. The average molecular weight is 740 g/mol. The summed E-state index contributed by atoms with van der Waals surface area (Å²) in [6.07, 6.45) is -19.5. The number of rotatable bonds is 14. The maximum absolute atomic E-state index is 12.2. The zero-order chi connectivity index (χ0) is 31.9. The molecule has 240 valence electrons. The van der Waals surface area contributed by atoms with E-state index in [4.69, 9.17) is 29.4 Å². The van der Waals surface area contributed by atoms with Gasteiger partial charge in [-0.25, -0.2) is 32.0 Å². The van der Waals surface area contributed by atoms with Gasteiger partial charge in [0, 0.05) is 0 Å². The van der Waals surface area contributed by atoms with Gasteiger partial charge in [0.1, 0.15) is 36.6 Å². The van der Waals surface area contributed by atoms with E-state index in [1.807, 2.05) is 0 Å². The third-order valence-electron chi connectivity index (χ3n) is 3.67. The van der Waals surface area contributed by atoms with Crippen LogP contribution < -0.4 is 0 Å². The van der Waals surface area contributed by atoms with Crippen molar-refractivity contribution in [3.05, 3.63) is 0 Å². The summed E-state index contributed by atoms with van der Waals surface area (Å²) in [5, 5.41) is 10.5. The first-order valence-corrected chi connectivity index (χ1v) is 19.4. The fraction of sp³-hybridized carbons (Fsp3) is 1.00. The van der Waals surface area contributed by atoms with E-state index in [0.717, 1.165) is 0 Å². The fourth-order valence-corrected chi connectivity index (χ4v) is 8.07. The highest BCUT2D eigenvalue weighted by molar-refractivity contribution is 7.61. The van der Waals surface area contributed by atoms with Crippen molar-refractivity contribution in [2.75, 3.05) is 0 Å². The Morgan fingerprint density at radius 1 is 0.350 bits per heavy atom. The molecule has 0 spiro atoms. The van der Waals surface area contributed by atoms with Gasteiger partial charge in [-0.1, -0.05) is 0 Å². The zero-order valence-corrected chi connectivity index (χ0v) is 24.4. The topological polar surface area (TPSA) is 447 Å². The van der Waals surface area contributed by atoms with Gasteiger partial charge in [0.15, 0.2) is 0 Å². The van der Waals surface area contributed by atoms with E-state index in [2.05, 4.69) is 31.2 Å². The molecule has 0 radical (unpaired) electrons. The molecule has 0 amide bonds. The molecule has 27 nitrogen and oxygen atoms in total. The SMILES string of the molecule is O=P(O)(O)O[C@H]1[C@@H](OP(=O)(O)OP(=O)(O)O)[C@H](OP(=O)(O)O)[C@@H](OP(=O)(O)OP(=O)(O)O)[C@H](O)[C@H]1OP(=O)(O)O. The van der Waals surface area contributed by atoms with Crippen LogP contribution in [0.1, 0.15) is 0 Å². The van der Waals surface area contributed by atoms with Gasteiger partial charge in [0.25, 0.3) is 0 Å². The number of hydrogen-bond acceptors (Lipinski definition) is 15. The first-order valence-electron chi connectivity index (χ1n) is 8.76. The fourth-order valence-electron chi connectivity index (χ4n) is 2.83. The minimum Gasteiger partial charge on any atom is -0.387 e. The van der Waals surface area contributed by atoms with E-state index in [0.29, 0.717) is 0 Å². The zero-order valence-electron chi connectivity index (χ0n) is 18.1. The molecular formula is C6H19O27P7. The van der Waals surface area contributed by atoms with Crippen LogP contribution in [0.5, 0.6) is 0 Å². The lowest BCUT2D eigenvalue weighted by Gasteiger charge is -2.47. The summed E-state index contributed by atoms with van der Waals surface area (Å²) in [6.45, 7) is 0. The lowest BCUT2D eigenvalue weighted by Crippen LogP contribution is -2.66. The second-order valence-electron chi connectivity index (χ2n) is 6.89. The van der Waals surface area contributed by atoms with Crippen LogP contribution in [0, 0.1) is 0 Å². The summed E-state index contributed by atoms with van der Waals surface area (Å²) in [5.41, 5.74) is 0. The van der Waals surface area contributed by atoms with Gasteiger partial charge < -0.3 is 63.8 Å². The van der Waals surface area contributed by atoms with Gasteiger partial charge >= 0.3 is 54.8 Å². The van der Waals surface area contributed by atoms with Crippen LogP contribution in [0.25, 0.3) is 0 Å². The molecule has 13 N–H and O–H groups in total. The minimum absolute atomic E-state index is 3.16. The largest absolute Gasteiger partial charge is 0.481 e. The second kappa shape index (κ2) is 13.0. The molecule has 0 aliphatic heterocycles. The van der Waals surface area contributed by atoms with E-state index in [1.165, 1.54) is 0 Å². The van der Waals surface area contributed by atoms with Crippen molar-refractivity contribution >= 4 is 54.8 Å². The third-order valence-corrected chi connectivity index (χ3v) is 9.60. The molecule has 0 aromatic rings. The molecule has 1 aliphatic rings. The summed E-state index contributed by atoms with van der Waals surface area (Å²) >= 11 is 0.